The summed E-state index contributed by atoms with van der Waals surface area (Å²) in [6.07, 6.45) is 2.99. The minimum Gasteiger partial charge on any atom is -0.495 e. The molecule has 7 heteroatoms. The van der Waals surface area contributed by atoms with Gasteiger partial charge in [0.2, 0.25) is 5.91 Å². The molecule has 1 heterocycles. The zero-order valence-electron chi connectivity index (χ0n) is 14.8. The van der Waals surface area contributed by atoms with E-state index in [9.17, 15) is 4.79 Å². The van der Waals surface area contributed by atoms with Crippen molar-refractivity contribution >= 4 is 51.1 Å². The molecule has 1 aromatic heterocycles. The van der Waals surface area contributed by atoms with E-state index in [0.717, 1.165) is 15.8 Å². The number of methoxy groups -OCH3 is 1. The van der Waals surface area contributed by atoms with Gasteiger partial charge in [0.25, 0.3) is 0 Å². The van der Waals surface area contributed by atoms with E-state index >= 15 is 0 Å². The Kier molecular flexibility index (Phi) is 6.83. The predicted molar refractivity (Wildman–Crippen MR) is 116 cm³/mol. The molecule has 1 N–H and O–H groups in total. The number of amides is 1. The van der Waals surface area contributed by atoms with Crippen LogP contribution in [0.4, 0.5) is 0 Å². The highest BCUT2D eigenvalue weighted by Gasteiger charge is 2.09. The first-order valence-corrected chi connectivity index (χ1v) is 9.85. The zero-order chi connectivity index (χ0) is 20.1. The Morgan fingerprint density at radius 2 is 1.93 bits per heavy atom. The minimum atomic E-state index is -0.278. The largest absolute Gasteiger partial charge is 0.495 e. The molecule has 0 bridgehead atoms. The number of carbonyl (C=O) groups is 1. The molecule has 0 radical (unpaired) electrons. The van der Waals surface area contributed by atoms with Gasteiger partial charge in [0.15, 0.2) is 0 Å². The number of hydrogen-bond donors (Lipinski definition) is 1. The molecule has 2 aromatic carbocycles. The minimum absolute atomic E-state index is 0.271. The van der Waals surface area contributed by atoms with E-state index in [2.05, 4.69) is 21.2 Å². The van der Waals surface area contributed by atoms with E-state index < -0.39 is 0 Å². The van der Waals surface area contributed by atoms with Crippen molar-refractivity contribution in [3.8, 4) is 17.1 Å². The van der Waals surface area contributed by atoms with Gasteiger partial charge in [-0.3, -0.25) is 4.79 Å². The average Bonchev–Trinajstić information content (AvgIpc) is 3.14. The Morgan fingerprint density at radius 1 is 1.18 bits per heavy atom. The van der Waals surface area contributed by atoms with Crippen molar-refractivity contribution in [2.45, 2.75) is 6.54 Å². The number of ether oxygens (including phenoxy) is 1. The standard InChI is InChI=1S/C21H16BrCl2NO3/c1-27-21-14(10-16(23)11-18(21)24)4-9-20(26)25-12-17-7-8-19(28-17)13-2-5-15(22)6-3-13/h2-11H,12H2,1H3,(H,25,26)/b9-4+. The molecule has 0 saturated heterocycles. The molecule has 0 unspecified atom stereocenters. The zero-order valence-corrected chi connectivity index (χ0v) is 17.9. The quantitative estimate of drug-likeness (QED) is 0.418. The molecule has 3 aromatic rings. The molecule has 1 amide bonds. The number of furan rings is 1. The molecule has 0 aliphatic rings. The van der Waals surface area contributed by atoms with Crippen LogP contribution in [-0.4, -0.2) is 13.0 Å². The monoisotopic (exact) mass is 479 g/mol. The van der Waals surface area contributed by atoms with Crippen LogP contribution < -0.4 is 10.1 Å². The molecule has 0 spiro atoms. The lowest BCUT2D eigenvalue weighted by Crippen LogP contribution is -2.19. The van der Waals surface area contributed by atoms with Crippen molar-refractivity contribution in [3.63, 3.8) is 0 Å². The molecule has 0 atom stereocenters. The van der Waals surface area contributed by atoms with Crippen LogP contribution in [0.5, 0.6) is 5.75 Å². The second kappa shape index (κ2) is 9.32. The summed E-state index contributed by atoms with van der Waals surface area (Å²) in [4.78, 5) is 12.1. The van der Waals surface area contributed by atoms with Crippen molar-refractivity contribution < 1.29 is 13.9 Å². The van der Waals surface area contributed by atoms with E-state index in [1.165, 1.54) is 13.2 Å². The van der Waals surface area contributed by atoms with Crippen LogP contribution in [-0.2, 0) is 11.3 Å². The topological polar surface area (TPSA) is 51.5 Å². The number of carbonyl (C=O) groups excluding carboxylic acids is 1. The van der Waals surface area contributed by atoms with Crippen molar-refractivity contribution in [2.24, 2.45) is 0 Å². The third-order valence-corrected chi connectivity index (χ3v) is 4.91. The van der Waals surface area contributed by atoms with Crippen molar-refractivity contribution in [1.82, 2.24) is 5.32 Å². The average molecular weight is 481 g/mol. The number of hydrogen-bond acceptors (Lipinski definition) is 3. The highest BCUT2D eigenvalue weighted by molar-refractivity contribution is 9.10. The predicted octanol–water partition coefficient (Wildman–Crippen LogP) is 6.35. The van der Waals surface area contributed by atoms with Crippen LogP contribution in [0.25, 0.3) is 17.4 Å². The van der Waals surface area contributed by atoms with Gasteiger partial charge in [0, 0.05) is 26.7 Å². The maximum absolute atomic E-state index is 12.1. The second-order valence-corrected chi connectivity index (χ2v) is 7.59. The highest BCUT2D eigenvalue weighted by atomic mass is 79.9. The fourth-order valence-electron chi connectivity index (χ4n) is 2.56. The first-order chi connectivity index (χ1) is 13.5. The summed E-state index contributed by atoms with van der Waals surface area (Å²) in [6.45, 7) is 0.271. The molecule has 0 fully saturated rings. The lowest BCUT2D eigenvalue weighted by atomic mass is 10.2. The van der Waals surface area contributed by atoms with Crippen molar-refractivity contribution in [2.75, 3.05) is 7.11 Å². The molecule has 0 aliphatic carbocycles. The fourth-order valence-corrected chi connectivity index (χ4v) is 3.41. The van der Waals surface area contributed by atoms with E-state index in [-0.39, 0.29) is 12.5 Å². The SMILES string of the molecule is COc1c(Cl)cc(Cl)cc1/C=C/C(=O)NCc1ccc(-c2ccc(Br)cc2)o1. The molecule has 28 heavy (non-hydrogen) atoms. The van der Waals surface area contributed by atoms with Crippen LogP contribution in [0.3, 0.4) is 0 Å². The summed E-state index contributed by atoms with van der Waals surface area (Å²) in [5, 5.41) is 3.62. The van der Waals surface area contributed by atoms with Crippen LogP contribution in [0, 0.1) is 0 Å². The molecule has 0 saturated carbocycles. The van der Waals surface area contributed by atoms with Crippen LogP contribution in [0.1, 0.15) is 11.3 Å². The Bertz CT molecular complexity index is 1010. The van der Waals surface area contributed by atoms with Gasteiger partial charge in [-0.1, -0.05) is 51.3 Å². The summed E-state index contributed by atoms with van der Waals surface area (Å²) in [6, 6.07) is 14.8. The third kappa shape index (κ3) is 5.19. The van der Waals surface area contributed by atoms with E-state index in [1.807, 2.05) is 36.4 Å². The van der Waals surface area contributed by atoms with Gasteiger partial charge in [0.1, 0.15) is 17.3 Å². The Hall–Kier alpha value is -2.21. The summed E-state index contributed by atoms with van der Waals surface area (Å²) >= 11 is 15.5. The number of nitrogens with one attached hydrogen (secondary N) is 1. The lowest BCUT2D eigenvalue weighted by Gasteiger charge is -2.07. The van der Waals surface area contributed by atoms with Crippen LogP contribution >= 0.6 is 39.1 Å². The number of rotatable bonds is 6. The molecular formula is C21H16BrCl2NO3. The van der Waals surface area contributed by atoms with Crippen LogP contribution in [0.2, 0.25) is 10.0 Å². The fraction of sp³-hybridized carbons (Fsp3) is 0.0952. The lowest BCUT2D eigenvalue weighted by molar-refractivity contribution is -0.116. The van der Waals surface area contributed by atoms with Gasteiger partial charge in [-0.15, -0.1) is 0 Å². The third-order valence-electron chi connectivity index (χ3n) is 3.88. The van der Waals surface area contributed by atoms with Crippen LogP contribution in [0.15, 0.2) is 63.5 Å². The summed E-state index contributed by atoms with van der Waals surface area (Å²) in [5.41, 5.74) is 1.58. The first kappa shape index (κ1) is 20.5. The molecule has 144 valence electrons. The van der Waals surface area contributed by atoms with Gasteiger partial charge in [-0.25, -0.2) is 0 Å². The molecular weight excluding hydrogens is 465 g/mol. The highest BCUT2D eigenvalue weighted by Crippen LogP contribution is 2.33. The normalized spacial score (nSPS) is 11.0. The smallest absolute Gasteiger partial charge is 0.244 e. The van der Waals surface area contributed by atoms with Gasteiger partial charge < -0.3 is 14.5 Å². The summed E-state index contributed by atoms with van der Waals surface area (Å²) in [5.74, 6) is 1.58. The Balaban J connectivity index is 1.62. The second-order valence-electron chi connectivity index (χ2n) is 5.83. The maximum atomic E-state index is 12.1. The summed E-state index contributed by atoms with van der Waals surface area (Å²) in [7, 11) is 1.51. The van der Waals surface area contributed by atoms with E-state index in [4.69, 9.17) is 32.4 Å². The van der Waals surface area contributed by atoms with Crippen molar-refractivity contribution in [1.29, 1.82) is 0 Å². The van der Waals surface area contributed by atoms with E-state index in [1.54, 1.807) is 18.2 Å². The van der Waals surface area contributed by atoms with Gasteiger partial charge >= 0.3 is 0 Å². The van der Waals surface area contributed by atoms with Gasteiger partial charge in [0.05, 0.1) is 18.7 Å². The van der Waals surface area contributed by atoms with E-state index in [0.29, 0.717) is 27.1 Å². The Labute approximate surface area is 181 Å². The Morgan fingerprint density at radius 3 is 2.64 bits per heavy atom. The molecule has 0 aliphatic heterocycles. The van der Waals surface area contributed by atoms with Crippen molar-refractivity contribution in [3.05, 3.63) is 80.4 Å². The summed E-state index contributed by atoms with van der Waals surface area (Å²) < 4.78 is 12.0. The van der Waals surface area contributed by atoms with Gasteiger partial charge in [-0.2, -0.15) is 0 Å². The first-order valence-electron chi connectivity index (χ1n) is 8.30. The molecule has 3 rings (SSSR count). The number of benzene rings is 2. The number of halogens is 3. The van der Waals surface area contributed by atoms with Gasteiger partial charge in [-0.05, 0) is 42.5 Å². The molecule has 4 nitrogen and oxygen atoms in total. The maximum Gasteiger partial charge on any atom is 0.244 e.